The molecule has 1 aliphatic rings. The number of hydrogen-bond acceptors (Lipinski definition) is 0. The third-order valence-corrected chi connectivity index (χ3v) is 3.02. The Hall–Kier alpha value is -1.98. The highest BCUT2D eigenvalue weighted by Crippen LogP contribution is 2.46. The molecule has 0 nitrogen and oxygen atoms in total. The van der Waals surface area contributed by atoms with Crippen LogP contribution in [-0.2, 0) is 0 Å². The summed E-state index contributed by atoms with van der Waals surface area (Å²) in [5.41, 5.74) is 5.59. The Morgan fingerprint density at radius 3 is 1.05 bits per heavy atom. The van der Waals surface area contributed by atoms with Crippen LogP contribution in [0.2, 0.25) is 0 Å². The highest BCUT2D eigenvalue weighted by molar-refractivity contribution is 6.02. The van der Waals surface area contributed by atoms with Crippen molar-refractivity contribution in [3.8, 4) is 22.3 Å². The van der Waals surface area contributed by atoms with Crippen LogP contribution in [0.15, 0.2) is 48.5 Å². The molecule has 0 radical (unpaired) electrons. The van der Waals surface area contributed by atoms with Gasteiger partial charge in [-0.05, 0) is 22.3 Å². The van der Waals surface area contributed by atoms with Crippen LogP contribution in [0.25, 0.3) is 22.3 Å². The summed E-state index contributed by atoms with van der Waals surface area (Å²) in [6, 6.07) is 17.1. The highest BCUT2D eigenvalue weighted by atomic mass is 19.4. The number of fused-ring (bicyclic) bond motifs is 4. The van der Waals surface area contributed by atoms with Crippen molar-refractivity contribution in [3.63, 3.8) is 0 Å². The van der Waals surface area contributed by atoms with Crippen LogP contribution in [0.1, 0.15) is 0 Å². The molecule has 2 aromatic carbocycles. The van der Waals surface area contributed by atoms with Gasteiger partial charge in [0, 0.05) is 0 Å². The monoisotopic (exact) mass is 304 g/mol. The number of rotatable bonds is 1. The maximum atomic E-state index is 11.2. The summed E-state index contributed by atoms with van der Waals surface area (Å²) in [5, 5.41) is 0. The normalized spacial score (nSPS) is 12.5. The second-order valence-electron chi connectivity index (χ2n) is 4.43. The van der Waals surface area contributed by atoms with Crippen molar-refractivity contribution in [1.29, 1.82) is 0 Å². The summed E-state index contributed by atoms with van der Waals surface area (Å²) < 4.78 is 65.6. The van der Waals surface area contributed by atoms with Gasteiger partial charge < -0.3 is 0 Å². The summed E-state index contributed by atoms with van der Waals surface area (Å²) in [5.74, 6) is -5.19. The quantitative estimate of drug-likeness (QED) is 0.522. The van der Waals surface area contributed by atoms with Gasteiger partial charge in [-0.3, -0.25) is 0 Å². The van der Waals surface area contributed by atoms with Crippen molar-refractivity contribution < 1.29 is 26.3 Å². The van der Waals surface area contributed by atoms with Gasteiger partial charge in [-0.15, -0.1) is 0 Å². The van der Waals surface area contributed by atoms with Crippen molar-refractivity contribution in [2.24, 2.45) is 0 Å². The van der Waals surface area contributed by atoms with Crippen LogP contribution < -0.4 is 0 Å². The molecule has 2 aromatic rings. The molecule has 0 N–H and O–H groups in total. The Kier molecular flexibility index (Phi) is 3.98. The van der Waals surface area contributed by atoms with E-state index < -0.39 is 18.8 Å². The molecule has 0 bridgehead atoms. The van der Waals surface area contributed by atoms with E-state index in [2.05, 4.69) is 48.5 Å². The molecular formula is C15H10F6. The predicted molar refractivity (Wildman–Crippen MR) is 67.8 cm³/mol. The van der Waals surface area contributed by atoms with Crippen LogP contribution in [0.3, 0.4) is 0 Å². The first kappa shape index (κ1) is 15.4. The lowest BCUT2D eigenvalue weighted by Crippen LogP contribution is -2.38. The lowest BCUT2D eigenvalue weighted by molar-refractivity contribution is -0.286. The zero-order valence-corrected chi connectivity index (χ0v) is 10.6. The molecule has 1 aliphatic carbocycles. The van der Waals surface area contributed by atoms with Gasteiger partial charge in [0.25, 0.3) is 0 Å². The average Bonchev–Trinajstić information content (AvgIpc) is 2.44. The second kappa shape index (κ2) is 5.42. The molecule has 0 heterocycles. The third kappa shape index (κ3) is 2.89. The topological polar surface area (TPSA) is 0 Å². The minimum atomic E-state index is -5.76. The first-order valence-electron chi connectivity index (χ1n) is 5.97. The fourth-order valence-corrected chi connectivity index (χ4v) is 1.92. The maximum Gasteiger partial charge on any atom is 0.456 e. The highest BCUT2D eigenvalue weighted by Gasteiger charge is 2.57. The Morgan fingerprint density at radius 1 is 0.619 bits per heavy atom. The van der Waals surface area contributed by atoms with E-state index in [1.165, 1.54) is 22.3 Å². The van der Waals surface area contributed by atoms with Crippen LogP contribution in [0.4, 0.5) is 26.3 Å². The van der Waals surface area contributed by atoms with E-state index in [0.717, 1.165) is 0 Å². The van der Waals surface area contributed by atoms with E-state index >= 15 is 0 Å². The SMILES string of the molecule is FCC(F)(F)C(F)(F)F.c1ccc2c(c1)-c1ccccc1-2. The summed E-state index contributed by atoms with van der Waals surface area (Å²) in [7, 11) is 0. The Bertz CT molecular complexity index is 530. The summed E-state index contributed by atoms with van der Waals surface area (Å²) in [4.78, 5) is 0. The Labute approximate surface area is 117 Å². The molecule has 0 spiro atoms. The van der Waals surface area contributed by atoms with Gasteiger partial charge in [-0.1, -0.05) is 48.5 Å². The molecule has 0 atom stereocenters. The fourth-order valence-electron chi connectivity index (χ4n) is 1.92. The van der Waals surface area contributed by atoms with Crippen LogP contribution in [0, 0.1) is 0 Å². The fraction of sp³-hybridized carbons (Fsp3) is 0.200. The molecule has 0 saturated carbocycles. The van der Waals surface area contributed by atoms with Crippen molar-refractivity contribution >= 4 is 0 Å². The second-order valence-corrected chi connectivity index (χ2v) is 4.43. The molecule has 6 heteroatoms. The number of hydrogen-bond donors (Lipinski definition) is 0. The molecule has 0 fully saturated rings. The Balaban J connectivity index is 0.000000163. The van der Waals surface area contributed by atoms with Gasteiger partial charge in [0.15, 0.2) is 6.67 Å². The van der Waals surface area contributed by atoms with Crippen molar-refractivity contribution in [3.05, 3.63) is 48.5 Å². The standard InChI is InChI=1S/C12H8.C3H2F6/c1-2-6-10-9(5-1)11-7-3-4-8-12(10)11;4-1-2(5,6)3(7,8)9/h1-8H;1H2. The summed E-state index contributed by atoms with van der Waals surface area (Å²) in [6.45, 7) is -2.70. The number of halogens is 6. The van der Waals surface area contributed by atoms with E-state index in [1.54, 1.807) is 0 Å². The first-order chi connectivity index (χ1) is 9.78. The molecule has 0 amide bonds. The van der Waals surface area contributed by atoms with E-state index in [9.17, 15) is 26.3 Å². The molecular weight excluding hydrogens is 294 g/mol. The molecule has 0 unspecified atom stereocenters. The zero-order chi connectivity index (χ0) is 15.7. The van der Waals surface area contributed by atoms with Gasteiger partial charge in [-0.25, -0.2) is 4.39 Å². The minimum absolute atomic E-state index is 1.40. The lowest BCUT2D eigenvalue weighted by atomic mass is 9.81. The molecule has 0 aromatic heterocycles. The Morgan fingerprint density at radius 2 is 0.905 bits per heavy atom. The van der Waals surface area contributed by atoms with Gasteiger partial charge in [0.2, 0.25) is 0 Å². The zero-order valence-electron chi connectivity index (χ0n) is 10.6. The third-order valence-electron chi connectivity index (χ3n) is 3.02. The summed E-state index contributed by atoms with van der Waals surface area (Å²) >= 11 is 0. The van der Waals surface area contributed by atoms with Gasteiger partial charge in [0.1, 0.15) is 0 Å². The van der Waals surface area contributed by atoms with Gasteiger partial charge >= 0.3 is 12.1 Å². The molecule has 3 rings (SSSR count). The smallest absolute Gasteiger partial charge is 0.244 e. The molecule has 0 aliphatic heterocycles. The van der Waals surface area contributed by atoms with Crippen molar-refractivity contribution in [1.82, 2.24) is 0 Å². The maximum absolute atomic E-state index is 11.2. The number of alkyl halides is 6. The van der Waals surface area contributed by atoms with E-state index in [4.69, 9.17) is 0 Å². The average molecular weight is 304 g/mol. The van der Waals surface area contributed by atoms with Gasteiger partial charge in [-0.2, -0.15) is 22.0 Å². The largest absolute Gasteiger partial charge is 0.456 e. The van der Waals surface area contributed by atoms with E-state index in [0.29, 0.717) is 0 Å². The molecule has 0 saturated heterocycles. The molecule has 21 heavy (non-hydrogen) atoms. The summed E-state index contributed by atoms with van der Waals surface area (Å²) in [6.07, 6.45) is -5.76. The minimum Gasteiger partial charge on any atom is -0.244 e. The van der Waals surface area contributed by atoms with Crippen molar-refractivity contribution in [2.75, 3.05) is 6.67 Å². The lowest BCUT2D eigenvalue weighted by Gasteiger charge is -2.22. The first-order valence-corrected chi connectivity index (χ1v) is 5.97. The van der Waals surface area contributed by atoms with Crippen molar-refractivity contribution in [2.45, 2.75) is 12.1 Å². The van der Waals surface area contributed by atoms with Crippen LogP contribution in [-0.4, -0.2) is 18.8 Å². The van der Waals surface area contributed by atoms with E-state index in [-0.39, 0.29) is 0 Å². The predicted octanol–water partition coefficient (Wildman–Crippen LogP) is 5.49. The molecule has 112 valence electrons. The number of benzene rings is 2. The van der Waals surface area contributed by atoms with E-state index in [1.807, 2.05) is 0 Å². The van der Waals surface area contributed by atoms with Gasteiger partial charge in [0.05, 0.1) is 0 Å². The van der Waals surface area contributed by atoms with Crippen LogP contribution in [0.5, 0.6) is 0 Å². The van der Waals surface area contributed by atoms with Crippen LogP contribution >= 0.6 is 0 Å².